The Kier molecular flexibility index (Phi) is 6.45. The molecule has 7 nitrogen and oxygen atoms in total. The van der Waals surface area contributed by atoms with Gasteiger partial charge in [-0.2, -0.15) is 0 Å². The fourth-order valence-electron chi connectivity index (χ4n) is 3.82. The lowest BCUT2D eigenvalue weighted by Crippen LogP contribution is -2.33. The zero-order chi connectivity index (χ0) is 24.2. The zero-order valence-electron chi connectivity index (χ0n) is 19.2. The Morgan fingerprint density at radius 1 is 0.882 bits per heavy atom. The summed E-state index contributed by atoms with van der Waals surface area (Å²) in [6.45, 7) is 5.72. The molecule has 0 bridgehead atoms. The Balaban J connectivity index is 1.75. The van der Waals surface area contributed by atoms with Crippen LogP contribution in [0.3, 0.4) is 0 Å². The topological polar surface area (TPSA) is 87.7 Å². The summed E-state index contributed by atoms with van der Waals surface area (Å²) < 4.78 is 5.51. The normalized spacial score (nSPS) is 13.3. The van der Waals surface area contributed by atoms with Crippen LogP contribution in [0.4, 0.5) is 17.1 Å². The van der Waals surface area contributed by atoms with E-state index in [-0.39, 0.29) is 17.2 Å². The van der Waals surface area contributed by atoms with Gasteiger partial charge < -0.3 is 15.4 Å². The average Bonchev–Trinajstić information content (AvgIpc) is 3.05. The maximum atomic E-state index is 13.6. The van der Waals surface area contributed by atoms with Crippen LogP contribution < -0.4 is 20.3 Å². The molecule has 0 saturated carbocycles. The molecule has 1 aliphatic heterocycles. The summed E-state index contributed by atoms with van der Waals surface area (Å²) in [5.74, 6) is -0.330. The summed E-state index contributed by atoms with van der Waals surface area (Å²) in [6.07, 6.45) is 0. The third-order valence-electron chi connectivity index (χ3n) is 5.37. The third-order valence-corrected chi connectivity index (χ3v) is 5.37. The van der Waals surface area contributed by atoms with Crippen molar-refractivity contribution in [3.05, 3.63) is 89.6 Å². The van der Waals surface area contributed by atoms with E-state index in [4.69, 9.17) is 4.74 Å². The lowest BCUT2D eigenvalue weighted by molar-refractivity contribution is -0.120. The van der Waals surface area contributed by atoms with Gasteiger partial charge in [0.2, 0.25) is 5.91 Å². The summed E-state index contributed by atoms with van der Waals surface area (Å²) in [7, 11) is 0. The van der Waals surface area contributed by atoms with Gasteiger partial charge in [0, 0.05) is 18.3 Å². The second-order valence-electron chi connectivity index (χ2n) is 7.82. The fraction of sp³-hybridized carbons (Fsp3) is 0.148. The smallest absolute Gasteiger partial charge is 0.282 e. The predicted octanol–water partition coefficient (Wildman–Crippen LogP) is 4.75. The highest BCUT2D eigenvalue weighted by molar-refractivity contribution is 6.46. The van der Waals surface area contributed by atoms with E-state index in [1.807, 2.05) is 26.0 Å². The van der Waals surface area contributed by atoms with E-state index in [0.717, 1.165) is 5.56 Å². The Labute approximate surface area is 198 Å². The van der Waals surface area contributed by atoms with Crippen molar-refractivity contribution in [3.63, 3.8) is 0 Å². The molecule has 0 atom stereocenters. The number of nitrogens with one attached hydrogen (secondary N) is 2. The number of carbonyl (C=O) groups is 3. The molecule has 4 rings (SSSR count). The quantitative estimate of drug-likeness (QED) is 0.502. The standard InChI is InChI=1S/C27H25N3O4/c1-4-34-22-15-9-19(10-16-22)24-25(29-21-13-11-20(12-14-21)28-18(3)31)27(33)30(26(24)32)23-8-6-5-7-17(23)2/h5-16,29H,4H2,1-3H3,(H,28,31). The van der Waals surface area contributed by atoms with Gasteiger partial charge in [0.05, 0.1) is 17.9 Å². The van der Waals surface area contributed by atoms with E-state index in [2.05, 4.69) is 10.6 Å². The van der Waals surface area contributed by atoms with Crippen molar-refractivity contribution >= 4 is 40.4 Å². The number of hydrogen-bond donors (Lipinski definition) is 2. The molecule has 3 aromatic rings. The first-order chi connectivity index (χ1) is 16.4. The first kappa shape index (κ1) is 22.8. The van der Waals surface area contributed by atoms with Gasteiger partial charge in [0.25, 0.3) is 11.8 Å². The Hall–Kier alpha value is -4.39. The molecule has 0 aromatic heterocycles. The number of carbonyl (C=O) groups excluding carboxylic acids is 3. The largest absolute Gasteiger partial charge is 0.494 e. The zero-order valence-corrected chi connectivity index (χ0v) is 19.2. The van der Waals surface area contributed by atoms with Gasteiger partial charge in [-0.05, 0) is 67.4 Å². The van der Waals surface area contributed by atoms with Gasteiger partial charge in [-0.25, -0.2) is 4.90 Å². The predicted molar refractivity (Wildman–Crippen MR) is 133 cm³/mol. The van der Waals surface area contributed by atoms with E-state index >= 15 is 0 Å². The minimum absolute atomic E-state index is 0.174. The number of amides is 3. The first-order valence-corrected chi connectivity index (χ1v) is 11.0. The molecule has 34 heavy (non-hydrogen) atoms. The minimum Gasteiger partial charge on any atom is -0.494 e. The van der Waals surface area contributed by atoms with Crippen LogP contribution in [0.1, 0.15) is 25.0 Å². The molecule has 0 aliphatic carbocycles. The van der Waals surface area contributed by atoms with Crippen molar-refractivity contribution in [2.24, 2.45) is 0 Å². The van der Waals surface area contributed by atoms with Crippen LogP contribution in [0.2, 0.25) is 0 Å². The van der Waals surface area contributed by atoms with E-state index in [1.54, 1.807) is 60.7 Å². The number of aryl methyl sites for hydroxylation is 1. The molecule has 0 radical (unpaired) electrons. The van der Waals surface area contributed by atoms with Crippen LogP contribution in [0, 0.1) is 6.92 Å². The molecule has 3 aromatic carbocycles. The second-order valence-corrected chi connectivity index (χ2v) is 7.82. The maximum Gasteiger partial charge on any atom is 0.282 e. The summed E-state index contributed by atoms with van der Waals surface area (Å²) >= 11 is 0. The Morgan fingerprint density at radius 2 is 1.53 bits per heavy atom. The Bertz CT molecular complexity index is 1280. The number of hydrogen-bond acceptors (Lipinski definition) is 5. The molecule has 172 valence electrons. The highest BCUT2D eigenvalue weighted by Crippen LogP contribution is 2.35. The molecule has 0 unspecified atom stereocenters. The van der Waals surface area contributed by atoms with E-state index in [0.29, 0.717) is 35.0 Å². The molecule has 0 saturated heterocycles. The molecular formula is C27H25N3O4. The van der Waals surface area contributed by atoms with Crippen LogP contribution in [0.15, 0.2) is 78.5 Å². The number of rotatable bonds is 7. The highest BCUT2D eigenvalue weighted by Gasteiger charge is 2.40. The maximum absolute atomic E-state index is 13.6. The van der Waals surface area contributed by atoms with Crippen LogP contribution in [-0.2, 0) is 14.4 Å². The van der Waals surface area contributed by atoms with Crippen molar-refractivity contribution in [2.75, 3.05) is 22.1 Å². The van der Waals surface area contributed by atoms with Crippen LogP contribution in [0.5, 0.6) is 5.75 Å². The molecule has 0 fully saturated rings. The van der Waals surface area contributed by atoms with E-state index in [9.17, 15) is 14.4 Å². The number of benzene rings is 3. The van der Waals surface area contributed by atoms with Gasteiger partial charge in [-0.1, -0.05) is 30.3 Å². The van der Waals surface area contributed by atoms with E-state index in [1.165, 1.54) is 11.8 Å². The molecule has 0 spiro atoms. The average molecular weight is 456 g/mol. The SMILES string of the molecule is CCOc1ccc(C2=C(Nc3ccc(NC(C)=O)cc3)C(=O)N(c3ccccc3C)C2=O)cc1. The van der Waals surface area contributed by atoms with E-state index < -0.39 is 11.8 Å². The third kappa shape index (κ3) is 4.54. The second kappa shape index (κ2) is 9.62. The van der Waals surface area contributed by atoms with Gasteiger partial charge in [-0.15, -0.1) is 0 Å². The fourth-order valence-corrected chi connectivity index (χ4v) is 3.82. The summed E-state index contributed by atoms with van der Waals surface area (Å²) in [4.78, 5) is 39.6. The van der Waals surface area contributed by atoms with Crippen molar-refractivity contribution in [1.82, 2.24) is 0 Å². The van der Waals surface area contributed by atoms with Gasteiger partial charge >= 0.3 is 0 Å². The van der Waals surface area contributed by atoms with Crippen LogP contribution >= 0.6 is 0 Å². The summed E-state index contributed by atoms with van der Waals surface area (Å²) in [5.41, 5.74) is 3.67. The van der Waals surface area contributed by atoms with Crippen molar-refractivity contribution in [2.45, 2.75) is 20.8 Å². The minimum atomic E-state index is -0.436. The summed E-state index contributed by atoms with van der Waals surface area (Å²) in [6, 6.07) is 21.3. The van der Waals surface area contributed by atoms with Gasteiger partial charge in [-0.3, -0.25) is 14.4 Å². The van der Waals surface area contributed by atoms with Crippen molar-refractivity contribution < 1.29 is 19.1 Å². The number of anilines is 3. The molecule has 1 heterocycles. The molecular weight excluding hydrogens is 430 g/mol. The number of para-hydroxylation sites is 1. The van der Waals surface area contributed by atoms with Gasteiger partial charge in [0.15, 0.2) is 0 Å². The molecule has 1 aliphatic rings. The number of nitrogens with zero attached hydrogens (tertiary/aromatic N) is 1. The molecule has 3 amide bonds. The van der Waals surface area contributed by atoms with Crippen molar-refractivity contribution in [3.8, 4) is 5.75 Å². The number of imide groups is 1. The lowest BCUT2D eigenvalue weighted by atomic mass is 10.0. The molecule has 7 heteroatoms. The Morgan fingerprint density at radius 3 is 2.15 bits per heavy atom. The monoisotopic (exact) mass is 455 g/mol. The summed E-state index contributed by atoms with van der Waals surface area (Å²) in [5, 5.41) is 5.84. The van der Waals surface area contributed by atoms with Crippen LogP contribution in [-0.4, -0.2) is 24.3 Å². The highest BCUT2D eigenvalue weighted by atomic mass is 16.5. The molecule has 2 N–H and O–H groups in total. The van der Waals surface area contributed by atoms with Crippen LogP contribution in [0.25, 0.3) is 5.57 Å². The first-order valence-electron chi connectivity index (χ1n) is 11.0. The van der Waals surface area contributed by atoms with Crippen molar-refractivity contribution in [1.29, 1.82) is 0 Å². The van der Waals surface area contributed by atoms with Gasteiger partial charge in [0.1, 0.15) is 11.4 Å². The lowest BCUT2D eigenvalue weighted by Gasteiger charge is -2.17. The number of ether oxygens (including phenoxy) is 1.